The molecule has 0 aliphatic heterocycles. The summed E-state index contributed by atoms with van der Waals surface area (Å²) in [5.41, 5.74) is -0.500. The minimum absolute atomic E-state index is 0. The minimum atomic E-state index is -0.500. The summed E-state index contributed by atoms with van der Waals surface area (Å²) >= 11 is 0. The van der Waals surface area contributed by atoms with E-state index >= 15 is 0 Å². The van der Waals surface area contributed by atoms with Gasteiger partial charge in [0.2, 0.25) is 0 Å². The molecule has 0 aliphatic rings. The van der Waals surface area contributed by atoms with E-state index in [1.807, 2.05) is 0 Å². The molecular formula is C5H11O. The lowest BCUT2D eigenvalue weighted by Gasteiger charge is -2.04. The first-order valence-electron chi connectivity index (χ1n) is 1.72. The second-order valence-corrected chi connectivity index (χ2v) is 2.17. The van der Waals surface area contributed by atoms with E-state index in [2.05, 4.69) is 0 Å². The van der Waals surface area contributed by atoms with Gasteiger partial charge in [0.05, 0.1) is 5.60 Å². The zero-order chi connectivity index (χ0) is 4.50. The fourth-order valence-corrected chi connectivity index (χ4v) is 0. The Bertz CT molecular complexity index is 19.4. The lowest BCUT2D eigenvalue weighted by atomic mass is 10.2. The van der Waals surface area contributed by atoms with E-state index in [4.69, 9.17) is 5.11 Å². The van der Waals surface area contributed by atoms with E-state index < -0.39 is 5.60 Å². The smallest absolute Gasteiger partial charge is 0.0563 e. The first-order chi connectivity index (χ1) is 2.00. The van der Waals surface area contributed by atoms with Crippen LogP contribution in [0.15, 0.2) is 0 Å². The topological polar surface area (TPSA) is 20.2 Å². The normalized spacial score (nSPS) is 10.0. The van der Waals surface area contributed by atoms with Crippen molar-refractivity contribution in [2.45, 2.75) is 26.4 Å². The quantitative estimate of drug-likeness (QED) is 0.467. The van der Waals surface area contributed by atoms with Gasteiger partial charge in [-0.1, -0.05) is 0 Å². The average Bonchev–Trinajstić information content (AvgIpc) is 0.722. The summed E-state index contributed by atoms with van der Waals surface area (Å²) in [6.45, 7) is 5.23. The summed E-state index contributed by atoms with van der Waals surface area (Å²) in [5, 5.41) is 8.52. The summed E-state index contributed by atoms with van der Waals surface area (Å²) in [5.74, 6) is 0. The Balaban J connectivity index is 0. The van der Waals surface area contributed by atoms with Crippen molar-refractivity contribution in [3.8, 4) is 0 Å². The Labute approximate surface area is 40.0 Å². The molecule has 3 radical (unpaired) electrons. The van der Waals surface area contributed by atoms with Crippen LogP contribution < -0.4 is 0 Å². The molecule has 0 amide bonds. The number of hydrogen-bond acceptors (Lipinski definition) is 1. The second kappa shape index (κ2) is 2.19. The lowest BCUT2D eigenvalue weighted by Crippen LogP contribution is -2.10. The Morgan fingerprint density at radius 3 is 1.17 bits per heavy atom. The Morgan fingerprint density at radius 2 is 1.17 bits per heavy atom. The van der Waals surface area contributed by atoms with E-state index in [0.717, 1.165) is 0 Å². The van der Waals surface area contributed by atoms with Crippen LogP contribution in [0.25, 0.3) is 0 Å². The van der Waals surface area contributed by atoms with Crippen LogP contribution in [0.2, 0.25) is 0 Å². The van der Waals surface area contributed by atoms with E-state index in [-0.39, 0.29) is 7.43 Å². The van der Waals surface area contributed by atoms with Gasteiger partial charge in [-0.3, -0.25) is 0 Å². The molecule has 0 saturated carbocycles. The highest BCUT2D eigenvalue weighted by atomic mass is 16.3. The van der Waals surface area contributed by atoms with Crippen molar-refractivity contribution < 1.29 is 5.11 Å². The Morgan fingerprint density at radius 1 is 1.17 bits per heavy atom. The molecular weight excluding hydrogens is 76.1 g/mol. The zero-order valence-corrected chi connectivity index (χ0v) is 4.52. The molecule has 0 atom stereocenters. The minimum Gasteiger partial charge on any atom is -0.391 e. The SMILES string of the molecule is CC(C)(C)O.[CH]. The van der Waals surface area contributed by atoms with Crippen LogP contribution in [0.3, 0.4) is 0 Å². The van der Waals surface area contributed by atoms with Gasteiger partial charge in [0.1, 0.15) is 0 Å². The Hall–Kier alpha value is -0.0400. The fourth-order valence-electron chi connectivity index (χ4n) is 0. The molecule has 1 nitrogen and oxygen atoms in total. The van der Waals surface area contributed by atoms with Crippen LogP contribution in [0.5, 0.6) is 0 Å². The van der Waals surface area contributed by atoms with Gasteiger partial charge in [0, 0.05) is 0 Å². The molecule has 0 saturated heterocycles. The largest absolute Gasteiger partial charge is 0.391 e. The van der Waals surface area contributed by atoms with Gasteiger partial charge in [-0.05, 0) is 28.2 Å². The molecule has 0 unspecified atom stereocenters. The molecule has 0 rings (SSSR count). The monoisotopic (exact) mass is 87.1 g/mol. The molecule has 0 aromatic carbocycles. The summed E-state index contributed by atoms with van der Waals surface area (Å²) in [6, 6.07) is 0. The Kier molecular flexibility index (Phi) is 3.41. The highest BCUT2D eigenvalue weighted by Crippen LogP contribution is 1.93. The molecule has 0 aliphatic carbocycles. The van der Waals surface area contributed by atoms with E-state index in [9.17, 15) is 0 Å². The van der Waals surface area contributed by atoms with Crippen LogP contribution in [0.4, 0.5) is 0 Å². The van der Waals surface area contributed by atoms with Crippen molar-refractivity contribution in [2.75, 3.05) is 0 Å². The molecule has 1 N–H and O–H groups in total. The van der Waals surface area contributed by atoms with Crippen molar-refractivity contribution in [1.29, 1.82) is 0 Å². The van der Waals surface area contributed by atoms with Crippen LogP contribution in [0, 0.1) is 7.43 Å². The third kappa shape index (κ3) is 21700. The predicted octanol–water partition coefficient (Wildman–Crippen LogP) is 0.981. The van der Waals surface area contributed by atoms with E-state index in [1.54, 1.807) is 20.8 Å². The number of aliphatic hydroxyl groups is 1. The summed E-state index contributed by atoms with van der Waals surface area (Å²) < 4.78 is 0. The van der Waals surface area contributed by atoms with Gasteiger partial charge in [-0.15, -0.1) is 0 Å². The second-order valence-electron chi connectivity index (χ2n) is 2.17. The number of hydrogen-bond donors (Lipinski definition) is 1. The van der Waals surface area contributed by atoms with Gasteiger partial charge in [0.25, 0.3) is 0 Å². The molecule has 6 heavy (non-hydrogen) atoms. The summed E-state index contributed by atoms with van der Waals surface area (Å²) in [6.07, 6.45) is 0. The molecule has 0 aromatic rings. The molecule has 0 spiro atoms. The van der Waals surface area contributed by atoms with Crippen molar-refractivity contribution in [3.05, 3.63) is 7.43 Å². The van der Waals surface area contributed by atoms with E-state index in [0.29, 0.717) is 0 Å². The van der Waals surface area contributed by atoms with Gasteiger partial charge in [-0.2, -0.15) is 0 Å². The molecule has 1 heteroatoms. The van der Waals surface area contributed by atoms with Crippen LogP contribution in [-0.4, -0.2) is 10.7 Å². The van der Waals surface area contributed by atoms with Crippen molar-refractivity contribution in [1.82, 2.24) is 0 Å². The average molecular weight is 87.1 g/mol. The molecule has 0 bridgehead atoms. The maximum Gasteiger partial charge on any atom is 0.0563 e. The van der Waals surface area contributed by atoms with Crippen LogP contribution in [-0.2, 0) is 0 Å². The first kappa shape index (κ1) is 9.35. The maximum atomic E-state index is 8.52. The lowest BCUT2D eigenvalue weighted by molar-refractivity contribution is 0.102. The molecule has 37 valence electrons. The van der Waals surface area contributed by atoms with Crippen molar-refractivity contribution in [3.63, 3.8) is 0 Å². The summed E-state index contributed by atoms with van der Waals surface area (Å²) in [7, 11) is 0. The van der Waals surface area contributed by atoms with Crippen LogP contribution >= 0.6 is 0 Å². The highest BCUT2D eigenvalue weighted by molar-refractivity contribution is 4.50. The predicted molar refractivity (Wildman–Crippen MR) is 26.3 cm³/mol. The number of rotatable bonds is 0. The third-order valence-electron chi connectivity index (χ3n) is 0. The van der Waals surface area contributed by atoms with Crippen molar-refractivity contribution in [2.24, 2.45) is 0 Å². The molecule has 0 fully saturated rings. The fraction of sp³-hybridized carbons (Fsp3) is 0.800. The molecule has 0 aromatic heterocycles. The van der Waals surface area contributed by atoms with Crippen molar-refractivity contribution >= 4 is 0 Å². The first-order valence-corrected chi connectivity index (χ1v) is 1.72. The molecule has 0 heterocycles. The van der Waals surface area contributed by atoms with Gasteiger partial charge < -0.3 is 5.11 Å². The third-order valence-corrected chi connectivity index (χ3v) is 0. The standard InChI is InChI=1S/C4H10O.CH/c1-4(2,3)5;/h5H,1-3H3;1H. The van der Waals surface area contributed by atoms with Gasteiger partial charge >= 0.3 is 0 Å². The maximum absolute atomic E-state index is 8.52. The van der Waals surface area contributed by atoms with Crippen LogP contribution in [0.1, 0.15) is 20.8 Å². The summed E-state index contributed by atoms with van der Waals surface area (Å²) in [4.78, 5) is 0. The highest BCUT2D eigenvalue weighted by Gasteiger charge is 1.97. The van der Waals surface area contributed by atoms with Gasteiger partial charge in [0.15, 0.2) is 0 Å². The zero-order valence-electron chi connectivity index (χ0n) is 4.52. The van der Waals surface area contributed by atoms with Gasteiger partial charge in [-0.25, -0.2) is 0 Å². The van der Waals surface area contributed by atoms with E-state index in [1.165, 1.54) is 0 Å².